The summed E-state index contributed by atoms with van der Waals surface area (Å²) in [5, 5.41) is 0. The Labute approximate surface area is 131 Å². The first-order valence-electron chi connectivity index (χ1n) is 5.96. The molecule has 108 valence electrons. The number of hydrogen-bond acceptors (Lipinski definition) is 4. The van der Waals surface area contributed by atoms with Gasteiger partial charge in [0.1, 0.15) is 11.5 Å². The second-order valence-electron chi connectivity index (χ2n) is 4.07. The van der Waals surface area contributed by atoms with Crippen molar-refractivity contribution in [2.45, 2.75) is 6.42 Å². The third-order valence-electron chi connectivity index (χ3n) is 2.71. The second kappa shape index (κ2) is 7.11. The smallest absolute Gasteiger partial charge is 0.409 e. The zero-order valence-electron chi connectivity index (χ0n) is 10.7. The Kier molecular flexibility index (Phi) is 5.20. The average molecular weight is 325 g/mol. The van der Waals surface area contributed by atoms with Crippen molar-refractivity contribution in [1.82, 2.24) is 0 Å². The second-order valence-corrected chi connectivity index (χ2v) is 4.69. The molecule has 21 heavy (non-hydrogen) atoms. The molecule has 0 atom stereocenters. The minimum Gasteiger partial charge on any atom is -0.414 e. The highest BCUT2D eigenvalue weighted by molar-refractivity contribution is 6.61. The van der Waals surface area contributed by atoms with E-state index in [9.17, 15) is 9.59 Å². The molecular weight excluding hydrogens is 315 g/mol. The standard InChI is InChI=1S/C15H10Cl2O4/c16-14(18)20-12-7-3-1-5-10(12)9-11-6-2-4-8-13(11)21-15(17)19/h1-8H,9H2. The van der Waals surface area contributed by atoms with E-state index in [4.69, 9.17) is 32.7 Å². The van der Waals surface area contributed by atoms with E-state index in [1.807, 2.05) is 0 Å². The van der Waals surface area contributed by atoms with Gasteiger partial charge >= 0.3 is 10.9 Å². The highest BCUT2D eigenvalue weighted by atomic mass is 35.5. The maximum Gasteiger partial charge on any atom is 0.409 e. The molecule has 0 bridgehead atoms. The minimum atomic E-state index is -0.914. The quantitative estimate of drug-likeness (QED) is 0.761. The van der Waals surface area contributed by atoms with Crippen molar-refractivity contribution in [1.29, 1.82) is 0 Å². The van der Waals surface area contributed by atoms with Crippen molar-refractivity contribution in [3.63, 3.8) is 0 Å². The molecule has 0 saturated carbocycles. The molecule has 0 saturated heterocycles. The molecule has 2 rings (SSSR count). The van der Waals surface area contributed by atoms with E-state index in [-0.39, 0.29) is 0 Å². The van der Waals surface area contributed by atoms with Crippen molar-refractivity contribution in [2.75, 3.05) is 0 Å². The Balaban J connectivity index is 2.30. The SMILES string of the molecule is O=C(Cl)Oc1ccccc1Cc1ccccc1OC(=O)Cl. The zero-order chi connectivity index (χ0) is 15.2. The molecule has 2 aromatic carbocycles. The lowest BCUT2D eigenvalue weighted by Gasteiger charge is -2.11. The average Bonchev–Trinajstić information content (AvgIpc) is 2.42. The molecule has 0 N–H and O–H groups in total. The first-order chi connectivity index (χ1) is 10.1. The number of hydrogen-bond donors (Lipinski definition) is 0. The Morgan fingerprint density at radius 3 is 1.52 bits per heavy atom. The maximum atomic E-state index is 10.9. The molecule has 4 nitrogen and oxygen atoms in total. The summed E-state index contributed by atoms with van der Waals surface area (Å²) in [7, 11) is 0. The van der Waals surface area contributed by atoms with E-state index in [2.05, 4.69) is 0 Å². The monoisotopic (exact) mass is 324 g/mol. The van der Waals surface area contributed by atoms with Crippen LogP contribution in [0.25, 0.3) is 0 Å². The van der Waals surface area contributed by atoms with E-state index < -0.39 is 10.9 Å². The first kappa shape index (κ1) is 15.4. The summed E-state index contributed by atoms with van der Waals surface area (Å²) in [4.78, 5) is 21.8. The van der Waals surface area contributed by atoms with Gasteiger partial charge in [-0.05, 0) is 23.3 Å². The van der Waals surface area contributed by atoms with Crippen LogP contribution in [0.1, 0.15) is 11.1 Å². The summed E-state index contributed by atoms with van der Waals surface area (Å²) in [6, 6.07) is 13.9. The summed E-state index contributed by atoms with van der Waals surface area (Å²) in [6.45, 7) is 0. The summed E-state index contributed by atoms with van der Waals surface area (Å²) in [5.41, 5.74) is -0.375. The summed E-state index contributed by atoms with van der Waals surface area (Å²) in [6.07, 6.45) is 0.390. The van der Waals surface area contributed by atoms with Gasteiger partial charge < -0.3 is 9.47 Å². The van der Waals surface area contributed by atoms with E-state index in [0.717, 1.165) is 11.1 Å². The van der Waals surface area contributed by atoms with Gasteiger partial charge in [-0.15, -0.1) is 0 Å². The van der Waals surface area contributed by atoms with Gasteiger partial charge in [-0.25, -0.2) is 9.59 Å². The predicted octanol–water partition coefficient (Wildman–Crippen LogP) is 4.75. The van der Waals surface area contributed by atoms with Crippen molar-refractivity contribution < 1.29 is 19.1 Å². The van der Waals surface area contributed by atoms with Gasteiger partial charge in [0.05, 0.1) is 0 Å². The Hall–Kier alpha value is -2.04. The highest BCUT2D eigenvalue weighted by Gasteiger charge is 2.11. The van der Waals surface area contributed by atoms with Gasteiger partial charge in [0.15, 0.2) is 0 Å². The number of carbonyl (C=O) groups is 2. The van der Waals surface area contributed by atoms with Gasteiger partial charge in [0.25, 0.3) is 0 Å². The lowest BCUT2D eigenvalue weighted by atomic mass is 10.0. The van der Waals surface area contributed by atoms with Crippen LogP contribution < -0.4 is 9.47 Å². The molecule has 2 aromatic rings. The van der Waals surface area contributed by atoms with Crippen LogP contribution >= 0.6 is 23.2 Å². The molecule has 0 aromatic heterocycles. The Bertz CT molecular complexity index is 613. The Morgan fingerprint density at radius 2 is 1.14 bits per heavy atom. The number of halogens is 2. The van der Waals surface area contributed by atoms with Crippen molar-refractivity contribution in [3.05, 3.63) is 59.7 Å². The van der Waals surface area contributed by atoms with Crippen molar-refractivity contribution >= 4 is 34.1 Å². The number of ether oxygens (including phenoxy) is 2. The third kappa shape index (κ3) is 4.48. The number of rotatable bonds is 4. The van der Waals surface area contributed by atoms with Crippen molar-refractivity contribution in [3.8, 4) is 11.5 Å². The lowest BCUT2D eigenvalue weighted by Crippen LogP contribution is -2.03. The van der Waals surface area contributed by atoms with Gasteiger partial charge in [-0.3, -0.25) is 0 Å². The largest absolute Gasteiger partial charge is 0.414 e. The van der Waals surface area contributed by atoms with Crippen LogP contribution in [-0.2, 0) is 6.42 Å². The van der Waals surface area contributed by atoms with Crippen LogP contribution in [0.15, 0.2) is 48.5 Å². The van der Waals surface area contributed by atoms with E-state index in [0.29, 0.717) is 17.9 Å². The van der Waals surface area contributed by atoms with Crippen LogP contribution in [0.4, 0.5) is 9.59 Å². The van der Waals surface area contributed by atoms with E-state index in [1.165, 1.54) is 0 Å². The van der Waals surface area contributed by atoms with Crippen LogP contribution in [0.5, 0.6) is 11.5 Å². The fourth-order valence-electron chi connectivity index (χ4n) is 1.88. The highest BCUT2D eigenvalue weighted by Crippen LogP contribution is 2.27. The number of para-hydroxylation sites is 2. The summed E-state index contributed by atoms with van der Waals surface area (Å²) < 4.78 is 9.86. The predicted molar refractivity (Wildman–Crippen MR) is 79.4 cm³/mol. The Morgan fingerprint density at radius 1 is 0.762 bits per heavy atom. The topological polar surface area (TPSA) is 52.6 Å². The van der Waals surface area contributed by atoms with Gasteiger partial charge in [0.2, 0.25) is 0 Å². The molecule has 0 spiro atoms. The van der Waals surface area contributed by atoms with Gasteiger partial charge in [-0.2, -0.15) is 0 Å². The minimum absolute atomic E-state index is 0.351. The summed E-state index contributed by atoms with van der Waals surface area (Å²) >= 11 is 10.5. The molecule has 0 aliphatic rings. The first-order valence-corrected chi connectivity index (χ1v) is 6.72. The molecule has 0 radical (unpaired) electrons. The van der Waals surface area contributed by atoms with Crippen LogP contribution in [0.3, 0.4) is 0 Å². The fraction of sp³-hybridized carbons (Fsp3) is 0.0667. The van der Waals surface area contributed by atoms with Crippen LogP contribution in [-0.4, -0.2) is 10.9 Å². The summed E-state index contributed by atoms with van der Waals surface area (Å²) in [5.74, 6) is 0.703. The molecule has 0 heterocycles. The molecule has 0 aliphatic carbocycles. The molecule has 0 aliphatic heterocycles. The van der Waals surface area contributed by atoms with Crippen LogP contribution in [0.2, 0.25) is 0 Å². The fourth-order valence-corrected chi connectivity index (χ4v) is 2.04. The maximum absolute atomic E-state index is 10.9. The zero-order valence-corrected chi connectivity index (χ0v) is 12.2. The molecule has 0 fully saturated rings. The van der Waals surface area contributed by atoms with E-state index in [1.54, 1.807) is 48.5 Å². The molecule has 6 heteroatoms. The number of benzene rings is 2. The van der Waals surface area contributed by atoms with E-state index >= 15 is 0 Å². The molecular formula is C15H10Cl2O4. The van der Waals surface area contributed by atoms with Gasteiger partial charge in [0, 0.05) is 29.6 Å². The third-order valence-corrected chi connectivity index (χ3v) is 2.86. The number of carbonyl (C=O) groups excluding carboxylic acids is 2. The lowest BCUT2D eigenvalue weighted by molar-refractivity contribution is 0.225. The molecule has 0 unspecified atom stereocenters. The van der Waals surface area contributed by atoms with Crippen molar-refractivity contribution in [2.24, 2.45) is 0 Å². The van der Waals surface area contributed by atoms with Crippen LogP contribution in [0, 0.1) is 0 Å². The van der Waals surface area contributed by atoms with Gasteiger partial charge in [-0.1, -0.05) is 36.4 Å². The molecule has 0 amide bonds. The normalized spacial score (nSPS) is 10.0.